The highest BCUT2D eigenvalue weighted by Crippen LogP contribution is 2.25. The van der Waals surface area contributed by atoms with Gasteiger partial charge in [0, 0.05) is 31.1 Å². The number of nitrogens with one attached hydrogen (secondary N) is 1. The van der Waals surface area contributed by atoms with Gasteiger partial charge in [0.1, 0.15) is 11.4 Å². The molecule has 0 bridgehead atoms. The highest BCUT2D eigenvalue weighted by Gasteiger charge is 2.26. The second kappa shape index (κ2) is 10.4. The number of aromatic nitrogens is 1. The summed E-state index contributed by atoms with van der Waals surface area (Å²) >= 11 is 1.34. The van der Waals surface area contributed by atoms with E-state index in [4.69, 9.17) is 4.74 Å². The zero-order valence-electron chi connectivity index (χ0n) is 19.1. The normalized spacial score (nSPS) is 17.1. The van der Waals surface area contributed by atoms with Crippen molar-refractivity contribution in [2.24, 2.45) is 5.92 Å². The largest absolute Gasteiger partial charge is 0.444 e. The lowest BCUT2D eigenvalue weighted by atomic mass is 9.97. The number of halogens is 1. The van der Waals surface area contributed by atoms with E-state index in [1.54, 1.807) is 24.1 Å². The fourth-order valence-corrected chi connectivity index (χ4v) is 4.43. The number of rotatable bonds is 6. The maximum absolute atomic E-state index is 13.1. The number of likely N-dealkylation sites (tertiary alicyclic amines) is 1. The van der Waals surface area contributed by atoms with E-state index in [0.717, 1.165) is 31.5 Å². The Bertz CT molecular complexity index is 926. The van der Waals surface area contributed by atoms with E-state index >= 15 is 0 Å². The van der Waals surface area contributed by atoms with Gasteiger partial charge < -0.3 is 15.0 Å². The van der Waals surface area contributed by atoms with Crippen molar-refractivity contribution in [2.75, 3.05) is 38.5 Å². The first-order valence-electron chi connectivity index (χ1n) is 10.8. The smallest absolute Gasteiger partial charge is 0.410 e. The van der Waals surface area contributed by atoms with Crippen LogP contribution in [0.4, 0.5) is 14.3 Å². The summed E-state index contributed by atoms with van der Waals surface area (Å²) in [6, 6.07) is 6.11. The summed E-state index contributed by atoms with van der Waals surface area (Å²) in [6.07, 6.45) is 1.67. The van der Waals surface area contributed by atoms with Crippen LogP contribution in [0.2, 0.25) is 0 Å². The Kier molecular flexibility index (Phi) is 7.84. The molecule has 1 saturated heterocycles. The van der Waals surface area contributed by atoms with Crippen molar-refractivity contribution < 1.29 is 18.7 Å². The van der Waals surface area contributed by atoms with Crippen molar-refractivity contribution in [3.05, 3.63) is 35.5 Å². The van der Waals surface area contributed by atoms with Crippen LogP contribution in [0, 0.1) is 11.7 Å². The molecule has 1 aliphatic rings. The number of ether oxygens (including phenoxy) is 1. The number of amides is 2. The van der Waals surface area contributed by atoms with Gasteiger partial charge in [-0.15, -0.1) is 11.3 Å². The number of benzene rings is 1. The van der Waals surface area contributed by atoms with Crippen molar-refractivity contribution in [3.63, 3.8) is 0 Å². The monoisotopic (exact) mass is 462 g/mol. The van der Waals surface area contributed by atoms with Gasteiger partial charge in [0.15, 0.2) is 5.13 Å². The van der Waals surface area contributed by atoms with Gasteiger partial charge in [-0.05, 0) is 70.3 Å². The van der Waals surface area contributed by atoms with E-state index in [-0.39, 0.29) is 24.4 Å². The van der Waals surface area contributed by atoms with Gasteiger partial charge >= 0.3 is 6.09 Å². The molecule has 9 heteroatoms. The van der Waals surface area contributed by atoms with Gasteiger partial charge in [-0.25, -0.2) is 14.2 Å². The summed E-state index contributed by atoms with van der Waals surface area (Å²) < 4.78 is 18.5. The quantitative estimate of drug-likeness (QED) is 0.686. The van der Waals surface area contributed by atoms with Gasteiger partial charge in [0.2, 0.25) is 5.91 Å². The van der Waals surface area contributed by atoms with Crippen LogP contribution in [-0.2, 0) is 9.53 Å². The van der Waals surface area contributed by atoms with Gasteiger partial charge in [-0.1, -0.05) is 0 Å². The second-order valence-electron chi connectivity index (χ2n) is 9.20. The molecular formula is C23H31FN4O3S. The first kappa shape index (κ1) is 24.1. The molecule has 32 heavy (non-hydrogen) atoms. The van der Waals surface area contributed by atoms with Crippen molar-refractivity contribution in [3.8, 4) is 11.3 Å². The highest BCUT2D eigenvalue weighted by molar-refractivity contribution is 7.14. The van der Waals surface area contributed by atoms with Gasteiger partial charge in [-0.2, -0.15) is 0 Å². The van der Waals surface area contributed by atoms with Crippen LogP contribution in [0.5, 0.6) is 0 Å². The number of piperidine rings is 1. The number of thiazole rings is 1. The molecule has 1 unspecified atom stereocenters. The van der Waals surface area contributed by atoms with E-state index in [2.05, 4.69) is 15.2 Å². The highest BCUT2D eigenvalue weighted by atomic mass is 32.1. The molecule has 1 N–H and O–H groups in total. The lowest BCUT2D eigenvalue weighted by Crippen LogP contribution is -2.45. The van der Waals surface area contributed by atoms with Crippen LogP contribution >= 0.6 is 11.3 Å². The van der Waals surface area contributed by atoms with E-state index < -0.39 is 5.60 Å². The third-order valence-electron chi connectivity index (χ3n) is 5.10. The summed E-state index contributed by atoms with van der Waals surface area (Å²) in [5, 5.41) is 5.22. The van der Waals surface area contributed by atoms with E-state index in [1.807, 2.05) is 26.2 Å². The van der Waals surface area contributed by atoms with Crippen molar-refractivity contribution in [1.29, 1.82) is 0 Å². The summed E-state index contributed by atoms with van der Waals surface area (Å²) in [6.45, 7) is 8.02. The molecule has 2 amide bonds. The van der Waals surface area contributed by atoms with Gasteiger partial charge in [0.05, 0.1) is 12.2 Å². The minimum atomic E-state index is -0.519. The molecule has 1 fully saturated rings. The van der Waals surface area contributed by atoms with Crippen LogP contribution in [0.25, 0.3) is 11.3 Å². The van der Waals surface area contributed by atoms with Gasteiger partial charge in [0.25, 0.3) is 0 Å². The topological polar surface area (TPSA) is 74.8 Å². The van der Waals surface area contributed by atoms with E-state index in [9.17, 15) is 14.0 Å². The predicted octanol–water partition coefficient (Wildman–Crippen LogP) is 4.47. The van der Waals surface area contributed by atoms with Crippen LogP contribution in [0.15, 0.2) is 29.6 Å². The maximum atomic E-state index is 13.1. The number of carbonyl (C=O) groups excluding carboxylic acids is 2. The maximum Gasteiger partial charge on any atom is 0.410 e. The lowest BCUT2D eigenvalue weighted by Gasteiger charge is -2.34. The molecule has 1 aromatic heterocycles. The number of carbonyl (C=O) groups is 2. The zero-order valence-corrected chi connectivity index (χ0v) is 19.9. The number of hydrogen-bond donors (Lipinski definition) is 1. The molecule has 2 aromatic rings. The molecule has 1 aromatic carbocycles. The molecule has 174 valence electrons. The molecule has 3 rings (SSSR count). The second-order valence-corrected chi connectivity index (χ2v) is 10.1. The van der Waals surface area contributed by atoms with Crippen molar-refractivity contribution in [1.82, 2.24) is 14.8 Å². The summed E-state index contributed by atoms with van der Waals surface area (Å²) in [5.74, 6) is -0.125. The molecule has 1 atom stereocenters. The summed E-state index contributed by atoms with van der Waals surface area (Å²) in [7, 11) is 1.75. The predicted molar refractivity (Wildman–Crippen MR) is 124 cm³/mol. The Morgan fingerprint density at radius 2 is 2.03 bits per heavy atom. The Labute approximate surface area is 192 Å². The van der Waals surface area contributed by atoms with E-state index in [0.29, 0.717) is 23.3 Å². The Morgan fingerprint density at radius 1 is 1.31 bits per heavy atom. The molecule has 0 saturated carbocycles. The Morgan fingerprint density at radius 3 is 2.72 bits per heavy atom. The Balaban J connectivity index is 1.48. The van der Waals surface area contributed by atoms with Crippen LogP contribution in [-0.4, -0.2) is 65.6 Å². The summed E-state index contributed by atoms with van der Waals surface area (Å²) in [5.41, 5.74) is 0.985. The fraction of sp³-hybridized carbons (Fsp3) is 0.522. The first-order valence-corrected chi connectivity index (χ1v) is 11.6. The van der Waals surface area contributed by atoms with Crippen molar-refractivity contribution in [2.45, 2.75) is 39.2 Å². The molecule has 7 nitrogen and oxygen atoms in total. The fourth-order valence-electron chi connectivity index (χ4n) is 3.69. The molecular weight excluding hydrogens is 431 g/mol. The third kappa shape index (κ3) is 7.27. The standard InChI is InChI=1S/C23H31FN4O3S/c1-23(2,3)31-22(30)27(4)12-16-6-5-11-28(13-16)14-20(29)26-21-25-19(15-32-21)17-7-9-18(24)10-8-17/h7-10,15-16H,5-6,11-14H2,1-4H3,(H,25,26,29). The minimum Gasteiger partial charge on any atom is -0.444 e. The zero-order chi connectivity index (χ0) is 23.3. The number of anilines is 1. The van der Waals surface area contributed by atoms with Gasteiger partial charge in [-0.3, -0.25) is 9.69 Å². The number of hydrogen-bond acceptors (Lipinski definition) is 6. The van der Waals surface area contributed by atoms with Crippen LogP contribution in [0.1, 0.15) is 33.6 Å². The molecule has 1 aliphatic heterocycles. The molecule has 2 heterocycles. The SMILES string of the molecule is CN(CC1CCCN(CC(=O)Nc2nc(-c3ccc(F)cc3)cs2)C1)C(=O)OC(C)(C)C. The third-order valence-corrected chi connectivity index (χ3v) is 5.86. The summed E-state index contributed by atoms with van der Waals surface area (Å²) in [4.78, 5) is 32.9. The average Bonchev–Trinajstić information content (AvgIpc) is 3.15. The van der Waals surface area contributed by atoms with Crippen LogP contribution < -0.4 is 5.32 Å². The van der Waals surface area contributed by atoms with Crippen LogP contribution in [0.3, 0.4) is 0 Å². The average molecular weight is 463 g/mol. The van der Waals surface area contributed by atoms with Crippen molar-refractivity contribution >= 4 is 28.5 Å². The molecule has 0 spiro atoms. The number of nitrogens with zero attached hydrogens (tertiary/aromatic N) is 3. The molecule has 0 radical (unpaired) electrons. The van der Waals surface area contributed by atoms with E-state index in [1.165, 1.54) is 23.5 Å². The minimum absolute atomic E-state index is 0.119. The first-order chi connectivity index (χ1) is 15.1. The molecule has 0 aliphatic carbocycles. The lowest BCUT2D eigenvalue weighted by molar-refractivity contribution is -0.117. The Hall–Kier alpha value is -2.52.